The van der Waals surface area contributed by atoms with Crippen molar-refractivity contribution in [3.63, 3.8) is 0 Å². The largest absolute Gasteiger partial charge is 0.304 e. The van der Waals surface area contributed by atoms with Gasteiger partial charge in [0, 0.05) is 6.04 Å². The zero-order valence-corrected chi connectivity index (χ0v) is 9.63. The van der Waals surface area contributed by atoms with Crippen molar-refractivity contribution in [3.8, 4) is 0 Å². The normalized spacial score (nSPS) is 19.7. The van der Waals surface area contributed by atoms with Crippen LogP contribution < -0.4 is 11.3 Å². The summed E-state index contributed by atoms with van der Waals surface area (Å²) in [7, 11) is 0. The minimum Gasteiger partial charge on any atom is -0.304 e. The van der Waals surface area contributed by atoms with E-state index in [1.807, 2.05) is 0 Å². The summed E-state index contributed by atoms with van der Waals surface area (Å²) in [5, 5.41) is 0. The lowest BCUT2D eigenvalue weighted by molar-refractivity contribution is 0.195. The van der Waals surface area contributed by atoms with E-state index in [1.54, 1.807) is 0 Å². The summed E-state index contributed by atoms with van der Waals surface area (Å²) in [6, 6.07) is 0.546. The third-order valence-electron chi connectivity index (χ3n) is 3.58. The van der Waals surface area contributed by atoms with Crippen molar-refractivity contribution in [1.82, 2.24) is 10.3 Å². The molecule has 0 saturated heterocycles. The van der Waals surface area contributed by atoms with E-state index >= 15 is 0 Å². The number of nitrogens with zero attached hydrogens (tertiary/aromatic N) is 1. The average Bonchev–Trinajstić information content (AvgIpc) is 2.14. The van der Waals surface area contributed by atoms with Gasteiger partial charge in [0.2, 0.25) is 0 Å². The number of nitrogens with one attached hydrogen (secondary N) is 1. The SMILES string of the molecule is CCN(CC)CCC(NN)C1CCC1. The van der Waals surface area contributed by atoms with Crippen molar-refractivity contribution >= 4 is 0 Å². The molecule has 1 atom stereocenters. The fraction of sp³-hybridized carbons (Fsp3) is 1.00. The van der Waals surface area contributed by atoms with Crippen LogP contribution in [0.3, 0.4) is 0 Å². The van der Waals surface area contributed by atoms with Gasteiger partial charge in [-0.25, -0.2) is 0 Å². The molecule has 1 unspecified atom stereocenters. The van der Waals surface area contributed by atoms with E-state index in [9.17, 15) is 0 Å². The van der Waals surface area contributed by atoms with Gasteiger partial charge in [-0.1, -0.05) is 20.3 Å². The smallest absolute Gasteiger partial charge is 0.0250 e. The van der Waals surface area contributed by atoms with Crippen LogP contribution in [0, 0.1) is 5.92 Å². The van der Waals surface area contributed by atoms with Gasteiger partial charge in [-0.15, -0.1) is 0 Å². The third-order valence-corrected chi connectivity index (χ3v) is 3.58. The predicted octanol–water partition coefficient (Wildman–Crippen LogP) is 1.35. The van der Waals surface area contributed by atoms with E-state index in [4.69, 9.17) is 5.84 Å². The summed E-state index contributed by atoms with van der Waals surface area (Å²) in [5.74, 6) is 6.43. The zero-order valence-electron chi connectivity index (χ0n) is 9.63. The molecule has 1 fully saturated rings. The monoisotopic (exact) mass is 199 g/mol. The topological polar surface area (TPSA) is 41.3 Å². The molecule has 1 saturated carbocycles. The molecule has 0 aromatic rings. The maximum Gasteiger partial charge on any atom is 0.0250 e. The molecule has 0 aromatic carbocycles. The van der Waals surface area contributed by atoms with Crippen LogP contribution in [-0.4, -0.2) is 30.6 Å². The lowest BCUT2D eigenvalue weighted by atomic mass is 9.79. The fourth-order valence-corrected chi connectivity index (χ4v) is 2.16. The van der Waals surface area contributed by atoms with Crippen molar-refractivity contribution in [3.05, 3.63) is 0 Å². The lowest BCUT2D eigenvalue weighted by Crippen LogP contribution is -2.45. The van der Waals surface area contributed by atoms with Crippen LogP contribution in [0.15, 0.2) is 0 Å². The van der Waals surface area contributed by atoms with Gasteiger partial charge in [0.25, 0.3) is 0 Å². The highest BCUT2D eigenvalue weighted by atomic mass is 15.2. The van der Waals surface area contributed by atoms with Crippen LogP contribution >= 0.6 is 0 Å². The molecule has 3 heteroatoms. The van der Waals surface area contributed by atoms with Crippen molar-refractivity contribution in [2.75, 3.05) is 19.6 Å². The molecule has 0 amide bonds. The summed E-state index contributed by atoms with van der Waals surface area (Å²) >= 11 is 0. The maximum absolute atomic E-state index is 5.58. The second kappa shape index (κ2) is 6.38. The van der Waals surface area contributed by atoms with E-state index in [0.717, 1.165) is 19.0 Å². The first-order valence-corrected chi connectivity index (χ1v) is 6.00. The van der Waals surface area contributed by atoms with Gasteiger partial charge in [0.1, 0.15) is 0 Å². The predicted molar refractivity (Wildman–Crippen MR) is 60.9 cm³/mol. The molecule has 0 heterocycles. The molecule has 1 aliphatic rings. The average molecular weight is 199 g/mol. The van der Waals surface area contributed by atoms with Crippen molar-refractivity contribution in [1.29, 1.82) is 0 Å². The minimum absolute atomic E-state index is 0.546. The van der Waals surface area contributed by atoms with Gasteiger partial charge in [0.05, 0.1) is 0 Å². The first kappa shape index (κ1) is 12.0. The Kier molecular flexibility index (Phi) is 5.45. The second-order valence-electron chi connectivity index (χ2n) is 4.28. The summed E-state index contributed by atoms with van der Waals surface area (Å²) in [6.45, 7) is 7.92. The highest BCUT2D eigenvalue weighted by Crippen LogP contribution is 2.30. The maximum atomic E-state index is 5.58. The molecule has 84 valence electrons. The van der Waals surface area contributed by atoms with Gasteiger partial charge in [-0.3, -0.25) is 11.3 Å². The van der Waals surface area contributed by atoms with E-state index < -0.39 is 0 Å². The molecule has 3 N–H and O–H groups in total. The zero-order chi connectivity index (χ0) is 10.4. The Hall–Kier alpha value is -0.120. The van der Waals surface area contributed by atoms with Gasteiger partial charge in [-0.05, 0) is 44.8 Å². The highest BCUT2D eigenvalue weighted by Gasteiger charge is 2.26. The number of nitrogens with two attached hydrogens (primary N) is 1. The van der Waals surface area contributed by atoms with Crippen molar-refractivity contribution < 1.29 is 0 Å². The molecule has 0 aliphatic heterocycles. The molecule has 3 nitrogen and oxygen atoms in total. The molecule has 1 rings (SSSR count). The molecular formula is C11H25N3. The fourth-order valence-electron chi connectivity index (χ4n) is 2.16. The standard InChI is InChI=1S/C11H25N3/c1-3-14(4-2)9-8-11(13-12)10-6-5-7-10/h10-11,13H,3-9,12H2,1-2H3. The molecule has 14 heavy (non-hydrogen) atoms. The van der Waals surface area contributed by atoms with Gasteiger partial charge >= 0.3 is 0 Å². The Labute approximate surface area is 88.0 Å². The van der Waals surface area contributed by atoms with E-state index in [-0.39, 0.29) is 0 Å². The Morgan fingerprint density at radius 2 is 2.00 bits per heavy atom. The van der Waals surface area contributed by atoms with E-state index in [1.165, 1.54) is 32.2 Å². The number of rotatable bonds is 7. The second-order valence-corrected chi connectivity index (χ2v) is 4.28. The molecule has 1 aliphatic carbocycles. The highest BCUT2D eigenvalue weighted by molar-refractivity contribution is 4.81. The van der Waals surface area contributed by atoms with Crippen LogP contribution in [0.25, 0.3) is 0 Å². The molecule has 0 radical (unpaired) electrons. The van der Waals surface area contributed by atoms with Gasteiger partial charge in [-0.2, -0.15) is 0 Å². The summed E-state index contributed by atoms with van der Waals surface area (Å²) in [6.07, 6.45) is 5.33. The van der Waals surface area contributed by atoms with Crippen LogP contribution in [-0.2, 0) is 0 Å². The number of hydrazine groups is 1. The number of hydrogen-bond acceptors (Lipinski definition) is 3. The Morgan fingerprint density at radius 3 is 2.36 bits per heavy atom. The van der Waals surface area contributed by atoms with Crippen LogP contribution in [0.4, 0.5) is 0 Å². The van der Waals surface area contributed by atoms with Crippen LogP contribution in [0.2, 0.25) is 0 Å². The summed E-state index contributed by atoms with van der Waals surface area (Å²) in [5.41, 5.74) is 2.98. The molecule has 0 aromatic heterocycles. The quantitative estimate of drug-likeness (QED) is 0.480. The summed E-state index contributed by atoms with van der Waals surface area (Å²) in [4.78, 5) is 2.46. The van der Waals surface area contributed by atoms with Crippen LogP contribution in [0.5, 0.6) is 0 Å². The minimum atomic E-state index is 0.546. The van der Waals surface area contributed by atoms with Crippen molar-refractivity contribution in [2.45, 2.75) is 45.6 Å². The molecule has 0 spiro atoms. The van der Waals surface area contributed by atoms with Gasteiger partial charge in [0.15, 0.2) is 0 Å². The lowest BCUT2D eigenvalue weighted by Gasteiger charge is -2.34. The summed E-state index contributed by atoms with van der Waals surface area (Å²) < 4.78 is 0. The van der Waals surface area contributed by atoms with Crippen LogP contribution in [0.1, 0.15) is 39.5 Å². The Bertz CT molecular complexity index is 141. The first-order valence-electron chi connectivity index (χ1n) is 6.00. The van der Waals surface area contributed by atoms with Gasteiger partial charge < -0.3 is 4.90 Å². The van der Waals surface area contributed by atoms with Crippen molar-refractivity contribution in [2.24, 2.45) is 11.8 Å². The number of hydrogen-bond donors (Lipinski definition) is 2. The van der Waals surface area contributed by atoms with E-state index in [0.29, 0.717) is 6.04 Å². The Balaban J connectivity index is 2.18. The Morgan fingerprint density at radius 1 is 1.36 bits per heavy atom. The third kappa shape index (κ3) is 3.23. The first-order chi connectivity index (χ1) is 6.81. The molecule has 0 bridgehead atoms. The molecular weight excluding hydrogens is 174 g/mol. The van der Waals surface area contributed by atoms with E-state index in [2.05, 4.69) is 24.2 Å².